The summed E-state index contributed by atoms with van der Waals surface area (Å²) in [5.41, 5.74) is 22.1. The molecule has 0 bridgehead atoms. The predicted molar refractivity (Wildman–Crippen MR) is 334 cm³/mol. The summed E-state index contributed by atoms with van der Waals surface area (Å²) in [5, 5.41) is 12.1. The largest absolute Gasteiger partial charge is 0.310 e. The van der Waals surface area contributed by atoms with Gasteiger partial charge in [0.25, 0.3) is 6.71 Å². The SMILES string of the molecule is CC(C)(C)c1ccc(N2c3cc(-n4c5ccc6cccc7c6c5c5c6c(ccc54)sc4cccc-7c46)cc4c3B(c3sc5ccc(C(C)(C)C)cc5c32)c2cc(C(C)(C)C)cc3c5cc(C(C)(C)C)ccc5n-4c23)cc1. The Balaban J connectivity index is 1.11. The van der Waals surface area contributed by atoms with Crippen molar-refractivity contribution in [2.24, 2.45) is 0 Å². The number of hydrogen-bond acceptors (Lipinski definition) is 3. The quantitative estimate of drug-likeness (QED) is 0.157. The molecule has 3 nitrogen and oxygen atoms in total. The number of anilines is 3. The summed E-state index contributed by atoms with van der Waals surface area (Å²) in [6.45, 7) is 28.3. The van der Waals surface area contributed by atoms with Crippen molar-refractivity contribution >= 4 is 147 Å². The number of thiophene rings is 2. The van der Waals surface area contributed by atoms with Crippen LogP contribution < -0.4 is 20.6 Å². The maximum atomic E-state index is 2.69. The molecule has 370 valence electrons. The molecule has 2 aliphatic heterocycles. The number of rotatable bonds is 2. The Morgan fingerprint density at radius 3 is 1.70 bits per heavy atom. The van der Waals surface area contributed by atoms with Gasteiger partial charge in [0.15, 0.2) is 0 Å². The highest BCUT2D eigenvalue weighted by atomic mass is 32.1. The van der Waals surface area contributed by atoms with E-state index in [0.717, 1.165) is 0 Å². The van der Waals surface area contributed by atoms with Gasteiger partial charge in [-0.05, 0) is 156 Å². The summed E-state index contributed by atoms with van der Waals surface area (Å²) < 4.78 is 10.8. The van der Waals surface area contributed by atoms with Crippen LogP contribution in [0.2, 0.25) is 0 Å². The van der Waals surface area contributed by atoms with E-state index < -0.39 is 0 Å². The smallest absolute Gasteiger partial charge is 0.264 e. The monoisotopic (exact) mass is 1020 g/mol. The first kappa shape index (κ1) is 45.1. The molecular weight excluding hydrogens is 958 g/mol. The molecule has 0 spiro atoms. The zero-order chi connectivity index (χ0) is 52.0. The van der Waals surface area contributed by atoms with E-state index in [0.29, 0.717) is 0 Å². The molecule has 16 rings (SSSR count). The second kappa shape index (κ2) is 14.5. The molecule has 3 aliphatic rings. The number of aromatic nitrogens is 2. The van der Waals surface area contributed by atoms with Gasteiger partial charge >= 0.3 is 0 Å². The van der Waals surface area contributed by atoms with Gasteiger partial charge in [-0.25, -0.2) is 0 Å². The van der Waals surface area contributed by atoms with Crippen LogP contribution in [-0.2, 0) is 21.7 Å². The molecule has 0 radical (unpaired) electrons. The van der Waals surface area contributed by atoms with Gasteiger partial charge in [-0.3, -0.25) is 0 Å². The number of benzene rings is 9. The topological polar surface area (TPSA) is 13.1 Å². The van der Waals surface area contributed by atoms with E-state index in [1.165, 1.54) is 162 Å². The Morgan fingerprint density at radius 2 is 0.974 bits per heavy atom. The van der Waals surface area contributed by atoms with Gasteiger partial charge in [-0.1, -0.05) is 150 Å². The molecule has 0 atom stereocenters. The van der Waals surface area contributed by atoms with E-state index in [2.05, 4.69) is 243 Å². The summed E-state index contributed by atoms with van der Waals surface area (Å²) in [7, 11) is 0. The van der Waals surface area contributed by atoms with Crippen LogP contribution in [0.25, 0.3) is 107 Å². The molecule has 13 aromatic rings. The summed E-state index contributed by atoms with van der Waals surface area (Å²) in [5.74, 6) is 0. The van der Waals surface area contributed by atoms with Crippen LogP contribution in [0.5, 0.6) is 0 Å². The molecule has 0 unspecified atom stereocenters. The van der Waals surface area contributed by atoms with Crippen molar-refractivity contribution in [3.63, 3.8) is 0 Å². The first-order valence-corrected chi connectivity index (χ1v) is 29.0. The Kier molecular flexibility index (Phi) is 8.59. The third kappa shape index (κ3) is 5.84. The number of nitrogens with zero attached hydrogens (tertiary/aromatic N) is 3. The molecule has 0 fully saturated rings. The summed E-state index contributed by atoms with van der Waals surface area (Å²) >= 11 is 3.94. The zero-order valence-corrected chi connectivity index (χ0v) is 47.2. The molecule has 9 aromatic carbocycles. The second-order valence-corrected chi connectivity index (χ2v) is 28.7. The lowest BCUT2D eigenvalue weighted by atomic mass is 9.36. The molecule has 4 aromatic heterocycles. The molecule has 1 aliphatic carbocycles. The molecule has 6 heterocycles. The lowest BCUT2D eigenvalue weighted by Crippen LogP contribution is -2.59. The Hall–Kier alpha value is -7.12. The van der Waals surface area contributed by atoms with Gasteiger partial charge < -0.3 is 14.0 Å². The number of fused-ring (bicyclic) bond motifs is 10. The fourth-order valence-electron chi connectivity index (χ4n) is 13.9. The van der Waals surface area contributed by atoms with Crippen LogP contribution in [0.4, 0.5) is 17.1 Å². The van der Waals surface area contributed by atoms with Crippen molar-refractivity contribution < 1.29 is 0 Å². The van der Waals surface area contributed by atoms with Crippen LogP contribution in [0.15, 0.2) is 146 Å². The van der Waals surface area contributed by atoms with Crippen molar-refractivity contribution in [3.05, 3.63) is 168 Å². The van der Waals surface area contributed by atoms with Crippen LogP contribution in [-0.4, -0.2) is 15.8 Å². The third-order valence-corrected chi connectivity index (χ3v) is 20.1. The highest BCUT2D eigenvalue weighted by Gasteiger charge is 2.46. The maximum absolute atomic E-state index is 2.69. The Morgan fingerprint density at radius 1 is 0.395 bits per heavy atom. The molecular formula is C70H60BN3S2. The average Bonchev–Trinajstić information content (AvgIpc) is 4.10. The zero-order valence-electron chi connectivity index (χ0n) is 45.6. The van der Waals surface area contributed by atoms with Crippen molar-refractivity contribution in [1.82, 2.24) is 9.13 Å². The van der Waals surface area contributed by atoms with Crippen LogP contribution >= 0.6 is 22.7 Å². The van der Waals surface area contributed by atoms with Gasteiger partial charge in [0.1, 0.15) is 0 Å². The Bertz CT molecular complexity index is 4790. The number of hydrogen-bond donors (Lipinski definition) is 0. The van der Waals surface area contributed by atoms with Gasteiger partial charge in [0.05, 0.1) is 27.9 Å². The fourth-order valence-corrected chi connectivity index (χ4v) is 16.3. The summed E-state index contributed by atoms with van der Waals surface area (Å²) in [6, 6.07) is 58.1. The molecule has 0 amide bonds. The molecule has 0 N–H and O–H groups in total. The minimum atomic E-state index is -0.0725. The molecule has 6 heteroatoms. The van der Waals surface area contributed by atoms with Crippen LogP contribution in [0, 0.1) is 0 Å². The Labute approximate surface area is 453 Å². The van der Waals surface area contributed by atoms with Gasteiger partial charge in [0.2, 0.25) is 0 Å². The van der Waals surface area contributed by atoms with Crippen molar-refractivity contribution in [2.45, 2.75) is 105 Å². The lowest BCUT2D eigenvalue weighted by molar-refractivity contribution is 0.590. The van der Waals surface area contributed by atoms with Crippen molar-refractivity contribution in [1.29, 1.82) is 0 Å². The van der Waals surface area contributed by atoms with Crippen LogP contribution in [0.1, 0.15) is 105 Å². The van der Waals surface area contributed by atoms with Gasteiger partial charge in [0, 0.05) is 79.2 Å². The summed E-state index contributed by atoms with van der Waals surface area (Å²) in [4.78, 5) is 2.69. The fraction of sp³-hybridized carbons (Fsp3) is 0.229. The highest BCUT2D eigenvalue weighted by Crippen LogP contribution is 2.54. The first-order chi connectivity index (χ1) is 36.2. The standard InChI is InChI=1S/C70H60BN3S2/c1-67(2,3)38-20-24-42(25-21-38)73-53-35-43(72-51-26-19-37-15-13-16-44-45-17-14-18-56-59(45)62-57(75-56)30-28-52(72)61(62)60(51)58(37)44)36-54-63(53)71(66-65(73)48-32-40(69(7,8)9)23-29-55(48)76-66)49-34-41(70(10,11)12)33-47-46-31-39(68(4,5)6)22-27-50(46)74(54)64(47)49/h13-36H,1-12H3. The predicted octanol–water partition coefficient (Wildman–Crippen LogP) is 18.4. The van der Waals surface area contributed by atoms with E-state index in [9.17, 15) is 0 Å². The van der Waals surface area contributed by atoms with Gasteiger partial charge in [-0.2, -0.15) is 0 Å². The second-order valence-electron chi connectivity index (χ2n) is 26.6. The van der Waals surface area contributed by atoms with Crippen molar-refractivity contribution in [2.75, 3.05) is 4.90 Å². The van der Waals surface area contributed by atoms with E-state index in [4.69, 9.17) is 0 Å². The lowest BCUT2D eigenvalue weighted by Gasteiger charge is -2.40. The normalized spacial score (nSPS) is 14.3. The molecule has 76 heavy (non-hydrogen) atoms. The highest BCUT2D eigenvalue weighted by molar-refractivity contribution is 7.33. The van der Waals surface area contributed by atoms with Crippen LogP contribution in [0.3, 0.4) is 0 Å². The third-order valence-electron chi connectivity index (χ3n) is 17.8. The van der Waals surface area contributed by atoms with Crippen molar-refractivity contribution in [3.8, 4) is 22.5 Å². The molecule has 0 saturated heterocycles. The van der Waals surface area contributed by atoms with E-state index in [-0.39, 0.29) is 28.4 Å². The minimum Gasteiger partial charge on any atom is -0.310 e. The van der Waals surface area contributed by atoms with E-state index >= 15 is 0 Å². The van der Waals surface area contributed by atoms with E-state index in [1.807, 2.05) is 22.7 Å². The molecule has 0 saturated carbocycles. The minimum absolute atomic E-state index is 0.00352. The summed E-state index contributed by atoms with van der Waals surface area (Å²) in [6.07, 6.45) is 0. The first-order valence-electron chi connectivity index (χ1n) is 27.4. The van der Waals surface area contributed by atoms with E-state index in [1.54, 1.807) is 0 Å². The maximum Gasteiger partial charge on any atom is 0.264 e. The van der Waals surface area contributed by atoms with Gasteiger partial charge in [-0.15, -0.1) is 22.7 Å². The average molecular weight is 1020 g/mol.